The molecule has 5 atom stereocenters. The largest absolute Gasteiger partial charge is 0.463 e. The second-order valence-electron chi connectivity index (χ2n) is 4.86. The summed E-state index contributed by atoms with van der Waals surface area (Å²) in [6.45, 7) is 0.816. The van der Waals surface area contributed by atoms with Crippen molar-refractivity contribution in [3.63, 3.8) is 0 Å². The maximum atomic E-state index is 11.2. The first-order chi connectivity index (χ1) is 10.0. The van der Waals surface area contributed by atoms with Crippen molar-refractivity contribution in [2.45, 2.75) is 37.6 Å². The summed E-state index contributed by atoms with van der Waals surface area (Å²) in [7, 11) is 0. The highest BCUT2D eigenvalue weighted by molar-refractivity contribution is 5.73. The molecule has 1 heterocycles. The lowest BCUT2D eigenvalue weighted by atomic mass is 9.97. The third-order valence-corrected chi connectivity index (χ3v) is 3.25. The molecule has 0 aliphatic carbocycles. The molecule has 0 spiro atoms. The quantitative estimate of drug-likeness (QED) is 0.568. The van der Waals surface area contributed by atoms with E-state index in [1.54, 1.807) is 24.3 Å². The molecule has 1 saturated heterocycles. The van der Waals surface area contributed by atoms with Crippen molar-refractivity contribution in [2.24, 2.45) is 0 Å². The third kappa shape index (κ3) is 3.70. The molecular weight excluding hydrogens is 278 g/mol. The van der Waals surface area contributed by atoms with Crippen LogP contribution >= 0.6 is 0 Å². The first-order valence-corrected chi connectivity index (χ1v) is 6.64. The molecule has 7 nitrogen and oxygen atoms in total. The zero-order valence-corrected chi connectivity index (χ0v) is 11.5. The number of hydrogen-bond acceptors (Lipinski definition) is 6. The Balaban J connectivity index is 2.18. The van der Waals surface area contributed by atoms with Gasteiger partial charge in [-0.2, -0.15) is 0 Å². The van der Waals surface area contributed by atoms with Gasteiger partial charge >= 0.3 is 0 Å². The zero-order chi connectivity index (χ0) is 15.4. The van der Waals surface area contributed by atoms with Gasteiger partial charge < -0.3 is 30.1 Å². The molecule has 0 radical (unpaired) electrons. The van der Waals surface area contributed by atoms with Crippen molar-refractivity contribution < 1.29 is 29.6 Å². The van der Waals surface area contributed by atoms with Crippen LogP contribution in [0.1, 0.15) is 6.92 Å². The number of hydrogen-bond donors (Lipinski definition) is 4. The highest BCUT2D eigenvalue weighted by atomic mass is 16.7. The van der Waals surface area contributed by atoms with Crippen molar-refractivity contribution in [3.8, 4) is 5.75 Å². The number of aliphatic hydroxyl groups is 3. The normalized spacial score (nSPS) is 32.5. The summed E-state index contributed by atoms with van der Waals surface area (Å²) >= 11 is 0. The molecule has 0 saturated carbocycles. The first-order valence-electron chi connectivity index (χ1n) is 6.64. The van der Waals surface area contributed by atoms with Gasteiger partial charge in [0, 0.05) is 6.92 Å². The minimum Gasteiger partial charge on any atom is -0.463 e. The highest BCUT2D eigenvalue weighted by Gasteiger charge is 2.45. The van der Waals surface area contributed by atoms with E-state index in [9.17, 15) is 20.1 Å². The molecule has 0 aromatic heterocycles. The Hall–Kier alpha value is -1.67. The fourth-order valence-corrected chi connectivity index (χ4v) is 2.20. The fraction of sp³-hybridized carbons (Fsp3) is 0.500. The van der Waals surface area contributed by atoms with Crippen LogP contribution in [0.2, 0.25) is 0 Å². The Kier molecular flexibility index (Phi) is 5.13. The molecule has 21 heavy (non-hydrogen) atoms. The SMILES string of the molecule is CC(=O)NC1C(O)[C@H](O)C(CO)O[C@H]1Oc1ccccc1. The lowest BCUT2D eigenvalue weighted by molar-refractivity contribution is -0.244. The summed E-state index contributed by atoms with van der Waals surface area (Å²) in [5, 5.41) is 31.7. The van der Waals surface area contributed by atoms with Gasteiger partial charge in [-0.1, -0.05) is 18.2 Å². The van der Waals surface area contributed by atoms with Crippen LogP contribution in [0.25, 0.3) is 0 Å². The minimum absolute atomic E-state index is 0.390. The first kappa shape index (κ1) is 15.7. The summed E-state index contributed by atoms with van der Waals surface area (Å²) in [5.41, 5.74) is 0. The van der Waals surface area contributed by atoms with Crippen molar-refractivity contribution in [3.05, 3.63) is 30.3 Å². The summed E-state index contributed by atoms with van der Waals surface area (Å²) in [4.78, 5) is 11.2. The monoisotopic (exact) mass is 297 g/mol. The average molecular weight is 297 g/mol. The second kappa shape index (κ2) is 6.86. The molecule has 3 unspecified atom stereocenters. The van der Waals surface area contributed by atoms with Gasteiger partial charge in [-0.3, -0.25) is 4.79 Å². The van der Waals surface area contributed by atoms with Gasteiger partial charge in [0.25, 0.3) is 0 Å². The van der Waals surface area contributed by atoms with Crippen LogP contribution in [0.5, 0.6) is 5.75 Å². The number of carbonyl (C=O) groups is 1. The van der Waals surface area contributed by atoms with Crippen molar-refractivity contribution in [2.75, 3.05) is 6.61 Å². The summed E-state index contributed by atoms with van der Waals surface area (Å²) in [6.07, 6.45) is -4.64. The predicted octanol–water partition coefficient (Wildman–Crippen LogP) is -0.991. The lowest BCUT2D eigenvalue weighted by Crippen LogP contribution is -2.65. The van der Waals surface area contributed by atoms with Crippen LogP contribution in [0.4, 0.5) is 0 Å². The maximum absolute atomic E-state index is 11.2. The zero-order valence-electron chi connectivity index (χ0n) is 11.5. The van der Waals surface area contributed by atoms with E-state index in [2.05, 4.69) is 5.32 Å². The Morgan fingerprint density at radius 1 is 1.29 bits per heavy atom. The molecule has 1 amide bonds. The highest BCUT2D eigenvalue weighted by Crippen LogP contribution is 2.24. The molecular formula is C14H19NO6. The van der Waals surface area contributed by atoms with Gasteiger partial charge in [-0.25, -0.2) is 0 Å². The van der Waals surface area contributed by atoms with Crippen LogP contribution in [-0.4, -0.2) is 58.5 Å². The number of ether oxygens (including phenoxy) is 2. The lowest BCUT2D eigenvalue weighted by Gasteiger charge is -2.42. The molecule has 1 fully saturated rings. The van der Waals surface area contributed by atoms with Crippen LogP contribution in [0.15, 0.2) is 30.3 Å². The van der Waals surface area contributed by atoms with E-state index in [0.29, 0.717) is 5.75 Å². The summed E-state index contributed by atoms with van der Waals surface area (Å²) < 4.78 is 11.0. The molecule has 1 aromatic rings. The topological polar surface area (TPSA) is 108 Å². The number of para-hydroxylation sites is 1. The van der Waals surface area contributed by atoms with Gasteiger partial charge in [0.05, 0.1) is 6.61 Å². The fourth-order valence-electron chi connectivity index (χ4n) is 2.20. The van der Waals surface area contributed by atoms with Crippen molar-refractivity contribution in [1.82, 2.24) is 5.32 Å². The molecule has 1 aliphatic rings. The van der Waals surface area contributed by atoms with E-state index in [1.807, 2.05) is 6.07 Å². The Morgan fingerprint density at radius 2 is 1.95 bits per heavy atom. The number of aliphatic hydroxyl groups excluding tert-OH is 3. The molecule has 0 bridgehead atoms. The number of carbonyl (C=O) groups excluding carboxylic acids is 1. The van der Waals surface area contributed by atoms with E-state index in [4.69, 9.17) is 9.47 Å². The molecule has 4 N–H and O–H groups in total. The van der Waals surface area contributed by atoms with E-state index >= 15 is 0 Å². The summed E-state index contributed by atoms with van der Waals surface area (Å²) in [6, 6.07) is 7.79. The van der Waals surface area contributed by atoms with Gasteiger partial charge in [0.1, 0.15) is 30.1 Å². The molecule has 116 valence electrons. The Bertz CT molecular complexity index is 468. The molecule has 1 aromatic carbocycles. The number of rotatable bonds is 4. The number of benzene rings is 1. The number of nitrogens with one attached hydrogen (secondary N) is 1. The minimum atomic E-state index is -1.32. The number of amides is 1. The standard InChI is InChI=1S/C14H19NO6/c1-8(17)15-11-13(19)12(18)10(7-16)21-14(11)20-9-5-3-2-4-6-9/h2-6,10-14,16,18-19H,7H2,1H3,(H,15,17)/t10?,11?,12-,13?,14-/m1/s1. The summed E-state index contributed by atoms with van der Waals surface area (Å²) in [5.74, 6) is 0.0945. The Labute approximate surface area is 122 Å². The second-order valence-corrected chi connectivity index (χ2v) is 4.86. The smallest absolute Gasteiger partial charge is 0.223 e. The Morgan fingerprint density at radius 3 is 2.52 bits per heavy atom. The molecule has 7 heteroatoms. The maximum Gasteiger partial charge on any atom is 0.223 e. The van der Waals surface area contributed by atoms with Crippen molar-refractivity contribution >= 4 is 5.91 Å². The molecule has 1 aliphatic heterocycles. The van der Waals surface area contributed by atoms with E-state index in [0.717, 1.165) is 0 Å². The van der Waals surface area contributed by atoms with Gasteiger partial charge in [-0.05, 0) is 12.1 Å². The predicted molar refractivity (Wildman–Crippen MR) is 72.4 cm³/mol. The van der Waals surface area contributed by atoms with Crippen LogP contribution in [0.3, 0.4) is 0 Å². The van der Waals surface area contributed by atoms with E-state index in [-0.39, 0.29) is 5.91 Å². The van der Waals surface area contributed by atoms with Gasteiger partial charge in [0.2, 0.25) is 12.2 Å². The van der Waals surface area contributed by atoms with Crippen LogP contribution in [0, 0.1) is 0 Å². The molecule has 2 rings (SSSR count). The van der Waals surface area contributed by atoms with Crippen LogP contribution < -0.4 is 10.1 Å². The third-order valence-electron chi connectivity index (χ3n) is 3.25. The average Bonchev–Trinajstić information content (AvgIpc) is 2.47. The van der Waals surface area contributed by atoms with E-state index < -0.39 is 37.3 Å². The van der Waals surface area contributed by atoms with Gasteiger partial charge in [0.15, 0.2) is 0 Å². The van der Waals surface area contributed by atoms with Crippen molar-refractivity contribution in [1.29, 1.82) is 0 Å². The van der Waals surface area contributed by atoms with E-state index in [1.165, 1.54) is 6.92 Å². The van der Waals surface area contributed by atoms with Crippen LogP contribution in [-0.2, 0) is 9.53 Å². The van der Waals surface area contributed by atoms with Gasteiger partial charge in [-0.15, -0.1) is 0 Å².